The molecule has 1 aromatic heterocycles. The first-order valence-electron chi connectivity index (χ1n) is 5.53. The SMILES string of the molecule is C[C@@H]1CN(c2ncc([N+](=O)[O-])cn2)C[C@H](C)N1. The van der Waals surface area contributed by atoms with Crippen molar-refractivity contribution in [1.29, 1.82) is 0 Å². The average molecular weight is 237 g/mol. The van der Waals surface area contributed by atoms with Crippen LogP contribution in [0.3, 0.4) is 0 Å². The second kappa shape index (κ2) is 4.62. The lowest BCUT2D eigenvalue weighted by atomic mass is 10.1. The number of nitro groups is 1. The van der Waals surface area contributed by atoms with Crippen molar-refractivity contribution in [2.24, 2.45) is 0 Å². The van der Waals surface area contributed by atoms with Crippen LogP contribution in [0.5, 0.6) is 0 Å². The minimum Gasteiger partial charge on any atom is -0.338 e. The quantitative estimate of drug-likeness (QED) is 0.598. The topological polar surface area (TPSA) is 84.2 Å². The van der Waals surface area contributed by atoms with E-state index in [4.69, 9.17) is 0 Å². The van der Waals surface area contributed by atoms with Gasteiger partial charge in [0.15, 0.2) is 0 Å². The Bertz CT molecular complexity index is 398. The fourth-order valence-electron chi connectivity index (χ4n) is 2.06. The molecule has 1 aromatic rings. The molecule has 2 heterocycles. The minimum absolute atomic E-state index is 0.0787. The summed E-state index contributed by atoms with van der Waals surface area (Å²) < 4.78 is 0. The molecular formula is C10H15N5O2. The maximum Gasteiger partial charge on any atom is 0.305 e. The van der Waals surface area contributed by atoms with Crippen molar-refractivity contribution in [3.05, 3.63) is 22.5 Å². The molecule has 0 unspecified atom stereocenters. The van der Waals surface area contributed by atoms with Gasteiger partial charge in [0.1, 0.15) is 12.4 Å². The number of piperazine rings is 1. The molecule has 0 bridgehead atoms. The first-order chi connectivity index (χ1) is 8.06. The van der Waals surface area contributed by atoms with E-state index < -0.39 is 4.92 Å². The normalized spacial score (nSPS) is 24.7. The fourth-order valence-corrected chi connectivity index (χ4v) is 2.06. The molecule has 1 saturated heterocycles. The van der Waals surface area contributed by atoms with E-state index in [2.05, 4.69) is 29.1 Å². The third-order valence-electron chi connectivity index (χ3n) is 2.68. The van der Waals surface area contributed by atoms with Crippen molar-refractivity contribution in [2.45, 2.75) is 25.9 Å². The van der Waals surface area contributed by atoms with E-state index in [-0.39, 0.29) is 5.69 Å². The lowest BCUT2D eigenvalue weighted by Crippen LogP contribution is -2.54. The number of hydrogen-bond acceptors (Lipinski definition) is 6. The minimum atomic E-state index is -0.493. The van der Waals surface area contributed by atoms with Gasteiger partial charge in [-0.05, 0) is 13.8 Å². The zero-order chi connectivity index (χ0) is 12.4. The van der Waals surface area contributed by atoms with Gasteiger partial charge >= 0.3 is 5.69 Å². The third kappa shape index (κ3) is 2.68. The highest BCUT2D eigenvalue weighted by molar-refractivity contribution is 5.35. The second-order valence-corrected chi connectivity index (χ2v) is 4.37. The van der Waals surface area contributed by atoms with Crippen LogP contribution in [0.15, 0.2) is 12.4 Å². The average Bonchev–Trinajstić information content (AvgIpc) is 2.28. The van der Waals surface area contributed by atoms with Gasteiger partial charge in [-0.25, -0.2) is 9.97 Å². The largest absolute Gasteiger partial charge is 0.338 e. The van der Waals surface area contributed by atoms with Gasteiger partial charge in [0.05, 0.1) is 4.92 Å². The van der Waals surface area contributed by atoms with E-state index in [1.165, 1.54) is 12.4 Å². The molecule has 7 heteroatoms. The summed E-state index contributed by atoms with van der Waals surface area (Å²) >= 11 is 0. The van der Waals surface area contributed by atoms with E-state index in [0.717, 1.165) is 13.1 Å². The van der Waals surface area contributed by atoms with E-state index >= 15 is 0 Å². The number of nitrogens with one attached hydrogen (secondary N) is 1. The molecule has 17 heavy (non-hydrogen) atoms. The lowest BCUT2D eigenvalue weighted by Gasteiger charge is -2.35. The van der Waals surface area contributed by atoms with Crippen molar-refractivity contribution >= 4 is 11.6 Å². The summed E-state index contributed by atoms with van der Waals surface area (Å²) in [6.45, 7) is 5.80. The summed E-state index contributed by atoms with van der Waals surface area (Å²) in [6, 6.07) is 0.718. The van der Waals surface area contributed by atoms with Crippen LogP contribution in [0.2, 0.25) is 0 Å². The Morgan fingerprint density at radius 1 is 1.35 bits per heavy atom. The predicted octanol–water partition coefficient (Wildman–Crippen LogP) is 0.571. The van der Waals surface area contributed by atoms with Crippen molar-refractivity contribution < 1.29 is 4.92 Å². The summed E-state index contributed by atoms with van der Waals surface area (Å²) in [5, 5.41) is 13.9. The van der Waals surface area contributed by atoms with Gasteiger partial charge in [-0.3, -0.25) is 10.1 Å². The Hall–Kier alpha value is -1.76. The number of nitrogens with zero attached hydrogens (tertiary/aromatic N) is 4. The first kappa shape index (κ1) is 11.7. The van der Waals surface area contributed by atoms with Gasteiger partial charge in [0.25, 0.3) is 0 Å². The second-order valence-electron chi connectivity index (χ2n) is 4.37. The number of aromatic nitrogens is 2. The monoisotopic (exact) mass is 237 g/mol. The number of anilines is 1. The molecule has 0 radical (unpaired) electrons. The Morgan fingerprint density at radius 2 is 1.88 bits per heavy atom. The summed E-state index contributed by atoms with van der Waals surface area (Å²) in [5.74, 6) is 0.552. The molecule has 0 aromatic carbocycles. The summed E-state index contributed by atoms with van der Waals surface area (Å²) in [7, 11) is 0. The summed E-state index contributed by atoms with van der Waals surface area (Å²) in [6.07, 6.45) is 2.50. The van der Waals surface area contributed by atoms with Gasteiger partial charge in [-0.15, -0.1) is 0 Å². The Morgan fingerprint density at radius 3 is 2.35 bits per heavy atom. The van der Waals surface area contributed by atoms with Crippen LogP contribution in [0.4, 0.5) is 11.6 Å². The smallest absolute Gasteiger partial charge is 0.305 e. The molecule has 2 atom stereocenters. The van der Waals surface area contributed by atoms with Gasteiger partial charge in [0, 0.05) is 25.2 Å². The van der Waals surface area contributed by atoms with Crippen LogP contribution >= 0.6 is 0 Å². The van der Waals surface area contributed by atoms with Crippen molar-refractivity contribution in [3.63, 3.8) is 0 Å². The molecule has 2 rings (SSSR count). The highest BCUT2D eigenvalue weighted by Crippen LogP contribution is 2.14. The van der Waals surface area contributed by atoms with Gasteiger partial charge < -0.3 is 10.2 Å². The molecule has 7 nitrogen and oxygen atoms in total. The highest BCUT2D eigenvalue weighted by Gasteiger charge is 2.23. The Balaban J connectivity index is 2.14. The zero-order valence-corrected chi connectivity index (χ0v) is 9.83. The molecule has 1 aliphatic rings. The maximum absolute atomic E-state index is 10.5. The van der Waals surface area contributed by atoms with Crippen LogP contribution in [0.25, 0.3) is 0 Å². The van der Waals surface area contributed by atoms with Gasteiger partial charge in [-0.1, -0.05) is 0 Å². The molecular weight excluding hydrogens is 222 g/mol. The van der Waals surface area contributed by atoms with Gasteiger partial charge in [-0.2, -0.15) is 0 Å². The van der Waals surface area contributed by atoms with Crippen molar-refractivity contribution in [3.8, 4) is 0 Å². The van der Waals surface area contributed by atoms with Gasteiger partial charge in [0.2, 0.25) is 5.95 Å². The first-order valence-corrected chi connectivity index (χ1v) is 5.53. The predicted molar refractivity (Wildman–Crippen MR) is 63.0 cm³/mol. The van der Waals surface area contributed by atoms with Crippen LogP contribution in [0, 0.1) is 10.1 Å². The molecule has 0 amide bonds. The number of rotatable bonds is 2. The standard InChI is InChI=1S/C10H15N5O2/c1-7-5-14(6-8(2)13-7)10-11-3-9(4-12-10)15(16)17/h3-4,7-8,13H,5-6H2,1-2H3/t7-,8+. The Labute approximate surface area is 99.0 Å². The lowest BCUT2D eigenvalue weighted by molar-refractivity contribution is -0.385. The summed E-state index contributed by atoms with van der Waals surface area (Å²) in [4.78, 5) is 20.1. The van der Waals surface area contributed by atoms with Crippen molar-refractivity contribution in [2.75, 3.05) is 18.0 Å². The van der Waals surface area contributed by atoms with Crippen LogP contribution in [-0.2, 0) is 0 Å². The van der Waals surface area contributed by atoms with E-state index in [1.54, 1.807) is 0 Å². The van der Waals surface area contributed by atoms with Crippen LogP contribution < -0.4 is 10.2 Å². The van der Waals surface area contributed by atoms with E-state index in [9.17, 15) is 10.1 Å². The Kier molecular flexibility index (Phi) is 3.19. The maximum atomic E-state index is 10.5. The van der Waals surface area contributed by atoms with E-state index in [1.807, 2.05) is 4.90 Å². The highest BCUT2D eigenvalue weighted by atomic mass is 16.6. The zero-order valence-electron chi connectivity index (χ0n) is 9.83. The third-order valence-corrected chi connectivity index (χ3v) is 2.68. The molecule has 0 saturated carbocycles. The molecule has 1 fully saturated rings. The molecule has 92 valence electrons. The van der Waals surface area contributed by atoms with Crippen molar-refractivity contribution in [1.82, 2.24) is 15.3 Å². The summed E-state index contributed by atoms with van der Waals surface area (Å²) in [5.41, 5.74) is -0.0787. The molecule has 0 aliphatic carbocycles. The molecule has 0 spiro atoms. The van der Waals surface area contributed by atoms with Crippen LogP contribution in [-0.4, -0.2) is 40.1 Å². The van der Waals surface area contributed by atoms with E-state index in [0.29, 0.717) is 18.0 Å². The molecule has 1 aliphatic heterocycles. The molecule has 1 N–H and O–H groups in total. The van der Waals surface area contributed by atoms with Crippen LogP contribution in [0.1, 0.15) is 13.8 Å². The fraction of sp³-hybridized carbons (Fsp3) is 0.600. The number of hydrogen-bond donors (Lipinski definition) is 1.